The Balaban J connectivity index is 2.06. The van der Waals surface area contributed by atoms with Crippen LogP contribution < -0.4 is 0 Å². The number of aromatic nitrogens is 4. The number of fused-ring (bicyclic) bond motifs is 2. The highest BCUT2D eigenvalue weighted by Gasteiger charge is 2.37. The largest absolute Gasteiger partial charge is 0.437 e. The Morgan fingerprint density at radius 2 is 1.60 bits per heavy atom. The summed E-state index contributed by atoms with van der Waals surface area (Å²) in [6.07, 6.45) is -4.64. The summed E-state index contributed by atoms with van der Waals surface area (Å²) in [5.74, 6) is 0. The molecule has 0 aliphatic heterocycles. The first-order chi connectivity index (χ1) is 11.8. The summed E-state index contributed by atoms with van der Waals surface area (Å²) in [6.45, 7) is 3.34. The van der Waals surface area contributed by atoms with Crippen LogP contribution in [0.15, 0.2) is 30.3 Å². The van der Waals surface area contributed by atoms with Crippen LogP contribution in [0.5, 0.6) is 0 Å². The summed E-state index contributed by atoms with van der Waals surface area (Å²) in [6, 6.07) is 9.59. The van der Waals surface area contributed by atoms with E-state index in [1.807, 2.05) is 30.3 Å². The van der Waals surface area contributed by atoms with Crippen molar-refractivity contribution in [1.82, 2.24) is 20.2 Å². The van der Waals surface area contributed by atoms with E-state index in [0.717, 1.165) is 10.1 Å². The summed E-state index contributed by atoms with van der Waals surface area (Å²) in [7, 11) is 0. The number of aryl methyl sites for hydroxylation is 2. The molecule has 0 saturated carbocycles. The number of hydrogen-bond acceptors (Lipinski definition) is 5. The molecular weight excluding hydrogens is 349 g/mol. The Labute approximate surface area is 144 Å². The lowest BCUT2D eigenvalue weighted by Crippen LogP contribution is -2.13. The van der Waals surface area contributed by atoms with E-state index in [4.69, 9.17) is 0 Å². The van der Waals surface area contributed by atoms with E-state index < -0.39 is 11.9 Å². The van der Waals surface area contributed by atoms with Crippen LogP contribution in [0.4, 0.5) is 13.2 Å². The molecule has 0 N–H and O–H groups in total. The Kier molecular flexibility index (Phi) is 3.47. The molecule has 1 aromatic carbocycles. The maximum Gasteiger partial charge on any atom is 0.437 e. The van der Waals surface area contributed by atoms with Gasteiger partial charge in [-0.15, -0.1) is 21.5 Å². The van der Waals surface area contributed by atoms with Gasteiger partial charge >= 0.3 is 6.18 Å². The highest BCUT2D eigenvalue weighted by Crippen LogP contribution is 2.38. The van der Waals surface area contributed by atoms with Crippen molar-refractivity contribution < 1.29 is 13.2 Å². The predicted octanol–water partition coefficient (Wildman–Crippen LogP) is 4.94. The molecule has 3 aromatic heterocycles. The molecule has 8 heteroatoms. The molecular formula is C17H11F3N4S. The molecule has 0 radical (unpaired) electrons. The van der Waals surface area contributed by atoms with Crippen molar-refractivity contribution in [3.8, 4) is 10.6 Å². The predicted molar refractivity (Wildman–Crippen MR) is 90.4 cm³/mol. The molecule has 0 fully saturated rings. The van der Waals surface area contributed by atoms with Crippen molar-refractivity contribution in [3.05, 3.63) is 47.4 Å². The second-order valence-corrected chi connectivity index (χ2v) is 6.72. The molecule has 4 nitrogen and oxygen atoms in total. The smallest absolute Gasteiger partial charge is 0.247 e. The fourth-order valence-electron chi connectivity index (χ4n) is 2.58. The van der Waals surface area contributed by atoms with Crippen molar-refractivity contribution >= 4 is 32.5 Å². The molecule has 0 amide bonds. The zero-order valence-corrected chi connectivity index (χ0v) is 14.0. The molecule has 0 aliphatic carbocycles. The van der Waals surface area contributed by atoms with Crippen molar-refractivity contribution in [3.63, 3.8) is 0 Å². The summed E-state index contributed by atoms with van der Waals surface area (Å²) in [4.78, 5) is 9.15. The number of hydrogen-bond donors (Lipinski definition) is 0. The lowest BCUT2D eigenvalue weighted by Gasteiger charge is -2.11. The Morgan fingerprint density at radius 1 is 0.920 bits per heavy atom. The molecule has 3 heterocycles. The lowest BCUT2D eigenvalue weighted by molar-refractivity contribution is -0.140. The molecule has 0 unspecified atom stereocenters. The zero-order valence-electron chi connectivity index (χ0n) is 13.2. The molecule has 25 heavy (non-hydrogen) atoms. The second kappa shape index (κ2) is 5.45. The van der Waals surface area contributed by atoms with E-state index in [1.54, 1.807) is 13.8 Å². The minimum absolute atomic E-state index is 0.122. The molecule has 4 aromatic rings. The van der Waals surface area contributed by atoms with E-state index in [-0.39, 0.29) is 11.0 Å². The number of benzene rings is 1. The van der Waals surface area contributed by atoms with E-state index in [0.29, 0.717) is 22.0 Å². The first-order valence-corrected chi connectivity index (χ1v) is 8.24. The average Bonchev–Trinajstić information content (AvgIpc) is 2.97. The standard InChI is InChI=1S/C17H11F3N4S/c1-8-9(2)22-15-14(21-8)13(23-24-16(15)17(18,19)20)12-7-10-5-3-4-6-11(10)25-12/h3-7H,1-2H3. The normalized spacial score (nSPS) is 12.2. The molecule has 0 saturated heterocycles. The summed E-state index contributed by atoms with van der Waals surface area (Å²) in [5.41, 5.74) is 0.0714. The van der Waals surface area contributed by atoms with Crippen LogP contribution in [-0.2, 0) is 6.18 Å². The van der Waals surface area contributed by atoms with Gasteiger partial charge in [-0.05, 0) is 31.4 Å². The van der Waals surface area contributed by atoms with Gasteiger partial charge in [0.05, 0.1) is 16.3 Å². The van der Waals surface area contributed by atoms with Gasteiger partial charge in [-0.25, -0.2) is 9.97 Å². The van der Waals surface area contributed by atoms with Gasteiger partial charge in [0.2, 0.25) is 0 Å². The van der Waals surface area contributed by atoms with E-state index >= 15 is 0 Å². The van der Waals surface area contributed by atoms with Crippen LogP contribution in [0.25, 0.3) is 31.7 Å². The second-order valence-electron chi connectivity index (χ2n) is 5.64. The zero-order chi connectivity index (χ0) is 17.8. The van der Waals surface area contributed by atoms with Crippen LogP contribution in [0.2, 0.25) is 0 Å². The third-order valence-electron chi connectivity index (χ3n) is 3.93. The summed E-state index contributed by atoms with van der Waals surface area (Å²) < 4.78 is 40.9. The van der Waals surface area contributed by atoms with E-state index in [2.05, 4.69) is 20.2 Å². The van der Waals surface area contributed by atoms with Gasteiger partial charge in [0.25, 0.3) is 0 Å². The number of thiophene rings is 1. The Hall–Kier alpha value is -2.61. The van der Waals surface area contributed by atoms with Gasteiger partial charge in [-0.3, -0.25) is 0 Å². The average molecular weight is 360 g/mol. The highest BCUT2D eigenvalue weighted by molar-refractivity contribution is 7.22. The summed E-state index contributed by atoms with van der Waals surface area (Å²) in [5, 5.41) is 8.27. The van der Waals surface area contributed by atoms with E-state index in [1.165, 1.54) is 11.3 Å². The van der Waals surface area contributed by atoms with Gasteiger partial charge in [-0.1, -0.05) is 18.2 Å². The number of nitrogens with zero attached hydrogens (tertiary/aromatic N) is 4. The summed E-state index contributed by atoms with van der Waals surface area (Å²) >= 11 is 1.44. The van der Waals surface area contributed by atoms with Gasteiger partial charge in [0, 0.05) is 4.70 Å². The van der Waals surface area contributed by atoms with Crippen molar-refractivity contribution in [2.24, 2.45) is 0 Å². The SMILES string of the molecule is Cc1nc2c(-c3cc4ccccc4s3)nnc(C(F)(F)F)c2nc1C. The molecule has 0 bridgehead atoms. The van der Waals surface area contributed by atoms with Crippen LogP contribution in [0.1, 0.15) is 17.1 Å². The quantitative estimate of drug-likeness (QED) is 0.483. The first kappa shape index (κ1) is 15.9. The lowest BCUT2D eigenvalue weighted by atomic mass is 10.2. The fraction of sp³-hybridized carbons (Fsp3) is 0.176. The molecule has 0 spiro atoms. The van der Waals surface area contributed by atoms with Gasteiger partial charge < -0.3 is 0 Å². The minimum Gasteiger partial charge on any atom is -0.247 e. The highest BCUT2D eigenvalue weighted by atomic mass is 32.1. The number of halogens is 3. The van der Waals surface area contributed by atoms with Crippen LogP contribution in [-0.4, -0.2) is 20.2 Å². The number of rotatable bonds is 1. The monoisotopic (exact) mass is 360 g/mol. The van der Waals surface area contributed by atoms with E-state index in [9.17, 15) is 13.2 Å². The topological polar surface area (TPSA) is 51.6 Å². The first-order valence-electron chi connectivity index (χ1n) is 7.42. The number of alkyl halides is 3. The van der Waals surface area contributed by atoms with Crippen molar-refractivity contribution in [1.29, 1.82) is 0 Å². The van der Waals surface area contributed by atoms with Crippen molar-refractivity contribution in [2.75, 3.05) is 0 Å². The van der Waals surface area contributed by atoms with Crippen LogP contribution in [0.3, 0.4) is 0 Å². The fourth-order valence-corrected chi connectivity index (χ4v) is 3.63. The third-order valence-corrected chi connectivity index (χ3v) is 5.06. The van der Waals surface area contributed by atoms with Crippen LogP contribution in [0, 0.1) is 13.8 Å². The van der Waals surface area contributed by atoms with Crippen molar-refractivity contribution in [2.45, 2.75) is 20.0 Å². The van der Waals surface area contributed by atoms with Crippen LogP contribution >= 0.6 is 11.3 Å². The Morgan fingerprint density at radius 3 is 2.28 bits per heavy atom. The minimum atomic E-state index is -4.64. The molecule has 0 aliphatic rings. The molecule has 0 atom stereocenters. The van der Waals surface area contributed by atoms with Gasteiger partial charge in [0.15, 0.2) is 5.69 Å². The van der Waals surface area contributed by atoms with Gasteiger partial charge in [-0.2, -0.15) is 13.2 Å². The maximum absolute atomic E-state index is 13.3. The molecule has 126 valence electrons. The third kappa shape index (κ3) is 2.62. The van der Waals surface area contributed by atoms with Gasteiger partial charge in [0.1, 0.15) is 16.7 Å². The Bertz CT molecular complexity index is 1090. The molecule has 4 rings (SSSR count). The maximum atomic E-state index is 13.3.